The molecule has 1 atom stereocenters. The normalized spacial score (nSPS) is 12.0. The molecule has 1 aromatic heterocycles. The zero-order valence-electron chi connectivity index (χ0n) is 18.8. The standard InChI is InChI=1S/C23H26N2O6S2/c1-16(20-12-11-19(29-3)14-21(20)30-4)24-22(26)15-31-18-9-7-17(8-10-18)25(2)33(27,28)23-6-5-13-32-23/h5-14,16H,15H2,1-4H3,(H,24,26). The van der Waals surface area contributed by atoms with Crippen LogP contribution in [0.4, 0.5) is 5.69 Å². The van der Waals surface area contributed by atoms with Crippen LogP contribution in [0, 0.1) is 0 Å². The predicted molar refractivity (Wildman–Crippen MR) is 128 cm³/mol. The van der Waals surface area contributed by atoms with E-state index in [1.807, 2.05) is 13.0 Å². The van der Waals surface area contributed by atoms with Gasteiger partial charge in [0.2, 0.25) is 0 Å². The van der Waals surface area contributed by atoms with Crippen molar-refractivity contribution in [1.82, 2.24) is 5.32 Å². The van der Waals surface area contributed by atoms with Crippen LogP contribution in [0.1, 0.15) is 18.5 Å². The molecule has 1 heterocycles. The van der Waals surface area contributed by atoms with Gasteiger partial charge in [-0.3, -0.25) is 9.10 Å². The Balaban J connectivity index is 1.57. The second kappa shape index (κ2) is 10.6. The lowest BCUT2D eigenvalue weighted by Gasteiger charge is -2.19. The monoisotopic (exact) mass is 490 g/mol. The Morgan fingerprint density at radius 1 is 1.06 bits per heavy atom. The van der Waals surface area contributed by atoms with Gasteiger partial charge in [-0.2, -0.15) is 0 Å². The highest BCUT2D eigenvalue weighted by Gasteiger charge is 2.22. The predicted octanol–water partition coefficient (Wildman–Crippen LogP) is 3.85. The van der Waals surface area contributed by atoms with Gasteiger partial charge in [-0.1, -0.05) is 6.07 Å². The van der Waals surface area contributed by atoms with Gasteiger partial charge in [0.15, 0.2) is 6.61 Å². The number of nitrogens with zero attached hydrogens (tertiary/aromatic N) is 1. The van der Waals surface area contributed by atoms with E-state index in [2.05, 4.69) is 5.32 Å². The van der Waals surface area contributed by atoms with Crippen molar-refractivity contribution in [2.75, 3.05) is 32.2 Å². The summed E-state index contributed by atoms with van der Waals surface area (Å²) in [4.78, 5) is 12.4. The highest BCUT2D eigenvalue weighted by Crippen LogP contribution is 2.29. The first-order valence-corrected chi connectivity index (χ1v) is 12.3. The molecule has 1 unspecified atom stereocenters. The minimum Gasteiger partial charge on any atom is -0.497 e. The number of thiophene rings is 1. The Bertz CT molecular complexity index is 1180. The van der Waals surface area contributed by atoms with Crippen molar-refractivity contribution in [1.29, 1.82) is 0 Å². The van der Waals surface area contributed by atoms with E-state index in [0.29, 0.717) is 22.9 Å². The first kappa shape index (κ1) is 24.4. The molecule has 10 heteroatoms. The van der Waals surface area contributed by atoms with Gasteiger partial charge in [-0.25, -0.2) is 8.42 Å². The highest BCUT2D eigenvalue weighted by atomic mass is 32.2. The lowest BCUT2D eigenvalue weighted by Crippen LogP contribution is -2.31. The van der Waals surface area contributed by atoms with Crippen molar-refractivity contribution >= 4 is 33.0 Å². The van der Waals surface area contributed by atoms with Crippen molar-refractivity contribution in [2.45, 2.75) is 17.2 Å². The van der Waals surface area contributed by atoms with Crippen molar-refractivity contribution in [3.8, 4) is 17.2 Å². The number of ether oxygens (including phenoxy) is 3. The molecule has 3 rings (SSSR count). The minimum absolute atomic E-state index is 0.189. The van der Waals surface area contributed by atoms with Crippen LogP contribution in [0.2, 0.25) is 0 Å². The average molecular weight is 491 g/mol. The van der Waals surface area contributed by atoms with Crippen LogP contribution in [0.25, 0.3) is 0 Å². The fourth-order valence-electron chi connectivity index (χ4n) is 3.12. The Hall–Kier alpha value is -3.24. The minimum atomic E-state index is -3.61. The number of sulfonamides is 1. The Morgan fingerprint density at radius 3 is 2.36 bits per heavy atom. The fourth-order valence-corrected chi connectivity index (χ4v) is 5.48. The van der Waals surface area contributed by atoms with Crippen molar-refractivity contribution < 1.29 is 27.4 Å². The Labute approximate surface area is 197 Å². The molecule has 0 fully saturated rings. The lowest BCUT2D eigenvalue weighted by atomic mass is 10.1. The van der Waals surface area contributed by atoms with E-state index in [4.69, 9.17) is 14.2 Å². The van der Waals surface area contributed by atoms with E-state index in [1.165, 1.54) is 11.4 Å². The number of hydrogen-bond donors (Lipinski definition) is 1. The van der Waals surface area contributed by atoms with Crippen LogP contribution in [0.5, 0.6) is 17.2 Å². The van der Waals surface area contributed by atoms with E-state index in [1.54, 1.807) is 68.1 Å². The molecule has 8 nitrogen and oxygen atoms in total. The van der Waals surface area contributed by atoms with Gasteiger partial charge in [0.25, 0.3) is 15.9 Å². The number of rotatable bonds is 10. The number of anilines is 1. The number of hydrogen-bond acceptors (Lipinski definition) is 7. The molecular weight excluding hydrogens is 464 g/mol. The molecule has 0 radical (unpaired) electrons. The van der Waals surface area contributed by atoms with Crippen LogP contribution in [-0.2, 0) is 14.8 Å². The Kier molecular flexibility index (Phi) is 7.83. The summed E-state index contributed by atoms with van der Waals surface area (Å²) in [6, 6.07) is 14.8. The zero-order chi connectivity index (χ0) is 24.0. The van der Waals surface area contributed by atoms with E-state index >= 15 is 0 Å². The molecule has 2 aromatic carbocycles. The third-order valence-corrected chi connectivity index (χ3v) is 8.12. The molecule has 0 saturated carbocycles. The molecule has 0 bridgehead atoms. The summed E-state index contributed by atoms with van der Waals surface area (Å²) in [6.07, 6.45) is 0. The number of benzene rings is 2. The maximum Gasteiger partial charge on any atom is 0.273 e. The van der Waals surface area contributed by atoms with Gasteiger partial charge in [-0.05, 0) is 54.8 Å². The quantitative estimate of drug-likeness (QED) is 0.464. The molecule has 0 aliphatic carbocycles. The molecule has 0 saturated heterocycles. The van der Waals surface area contributed by atoms with Gasteiger partial charge in [0.1, 0.15) is 21.5 Å². The number of carbonyl (C=O) groups excluding carboxylic acids is 1. The molecule has 176 valence electrons. The second-order valence-electron chi connectivity index (χ2n) is 7.08. The van der Waals surface area contributed by atoms with E-state index in [-0.39, 0.29) is 22.8 Å². The summed E-state index contributed by atoms with van der Waals surface area (Å²) in [5.41, 5.74) is 1.30. The van der Waals surface area contributed by atoms with Gasteiger partial charge >= 0.3 is 0 Å². The maximum absolute atomic E-state index is 12.6. The number of amides is 1. The second-order valence-corrected chi connectivity index (χ2v) is 10.2. The summed E-state index contributed by atoms with van der Waals surface area (Å²) >= 11 is 1.16. The van der Waals surface area contributed by atoms with Gasteiger partial charge < -0.3 is 19.5 Å². The molecule has 0 spiro atoms. The molecule has 0 aliphatic heterocycles. The van der Waals surface area contributed by atoms with Crippen LogP contribution in [0.15, 0.2) is 64.2 Å². The molecule has 1 N–H and O–H groups in total. The van der Waals surface area contributed by atoms with Gasteiger partial charge in [0.05, 0.1) is 25.9 Å². The topological polar surface area (TPSA) is 94.2 Å². The summed E-state index contributed by atoms with van der Waals surface area (Å²) in [5, 5.41) is 4.59. The number of nitrogens with one attached hydrogen (secondary N) is 1. The smallest absolute Gasteiger partial charge is 0.273 e. The third kappa shape index (κ3) is 5.77. The number of carbonyl (C=O) groups is 1. The van der Waals surface area contributed by atoms with Crippen molar-refractivity contribution in [2.24, 2.45) is 0 Å². The molecule has 33 heavy (non-hydrogen) atoms. The third-order valence-electron chi connectivity index (χ3n) is 4.96. The molecular formula is C23H26N2O6S2. The zero-order valence-corrected chi connectivity index (χ0v) is 20.4. The SMILES string of the molecule is COc1ccc(C(C)NC(=O)COc2ccc(N(C)S(=O)(=O)c3cccs3)cc2)c(OC)c1. The molecule has 0 aliphatic rings. The maximum atomic E-state index is 12.6. The van der Waals surface area contributed by atoms with Crippen molar-refractivity contribution in [3.63, 3.8) is 0 Å². The van der Waals surface area contributed by atoms with Crippen LogP contribution >= 0.6 is 11.3 Å². The first-order valence-electron chi connectivity index (χ1n) is 10.0. The van der Waals surface area contributed by atoms with Crippen LogP contribution in [0.3, 0.4) is 0 Å². The van der Waals surface area contributed by atoms with Gasteiger partial charge in [0, 0.05) is 18.7 Å². The summed E-state index contributed by atoms with van der Waals surface area (Å²) in [6.45, 7) is 1.66. The fraction of sp³-hybridized carbons (Fsp3) is 0.261. The first-order chi connectivity index (χ1) is 15.8. The molecule has 1 amide bonds. The number of methoxy groups -OCH3 is 2. The molecule has 3 aromatic rings. The Morgan fingerprint density at radius 2 is 1.76 bits per heavy atom. The van der Waals surface area contributed by atoms with E-state index < -0.39 is 10.0 Å². The summed E-state index contributed by atoms with van der Waals surface area (Å²) < 4.78 is 42.9. The van der Waals surface area contributed by atoms with Crippen LogP contribution in [-0.4, -0.2) is 42.2 Å². The largest absolute Gasteiger partial charge is 0.497 e. The summed E-state index contributed by atoms with van der Waals surface area (Å²) in [5.74, 6) is 1.42. The average Bonchev–Trinajstić information content (AvgIpc) is 3.38. The van der Waals surface area contributed by atoms with Crippen molar-refractivity contribution in [3.05, 3.63) is 65.5 Å². The van der Waals surface area contributed by atoms with Gasteiger partial charge in [-0.15, -0.1) is 11.3 Å². The van der Waals surface area contributed by atoms with E-state index in [9.17, 15) is 13.2 Å². The van der Waals surface area contributed by atoms with Crippen LogP contribution < -0.4 is 23.8 Å². The lowest BCUT2D eigenvalue weighted by molar-refractivity contribution is -0.123. The summed E-state index contributed by atoms with van der Waals surface area (Å²) in [7, 11) is 1.02. The van der Waals surface area contributed by atoms with E-state index in [0.717, 1.165) is 16.9 Å². The highest BCUT2D eigenvalue weighted by molar-refractivity contribution is 7.94.